The van der Waals surface area contributed by atoms with Crippen molar-refractivity contribution in [2.45, 2.75) is 52.1 Å². The third kappa shape index (κ3) is 4.01. The second kappa shape index (κ2) is 7.60. The highest BCUT2D eigenvalue weighted by Crippen LogP contribution is 2.20. The predicted molar refractivity (Wildman–Crippen MR) is 75.0 cm³/mol. The molecule has 0 bridgehead atoms. The topological polar surface area (TPSA) is 52.0 Å². The molecular weight excluding hydrogens is 240 g/mol. The van der Waals surface area contributed by atoms with E-state index in [1.165, 1.54) is 12.8 Å². The molecule has 2 atom stereocenters. The minimum absolute atomic E-state index is 0.453. The summed E-state index contributed by atoms with van der Waals surface area (Å²) in [7, 11) is 0. The van der Waals surface area contributed by atoms with Crippen LogP contribution in [-0.2, 0) is 17.7 Å². The van der Waals surface area contributed by atoms with E-state index in [0.717, 1.165) is 45.0 Å². The molecule has 0 amide bonds. The molecule has 1 N–H and O–H groups in total. The first-order chi connectivity index (χ1) is 9.35. The zero-order valence-electron chi connectivity index (χ0n) is 12.1. The van der Waals surface area contributed by atoms with Crippen molar-refractivity contribution >= 4 is 0 Å². The summed E-state index contributed by atoms with van der Waals surface area (Å²) in [4.78, 5) is 4.40. The molecule has 1 aromatic rings. The molecule has 1 saturated heterocycles. The maximum absolute atomic E-state index is 5.64. The highest BCUT2D eigenvalue weighted by atomic mass is 16.5. The Labute approximate surface area is 115 Å². The molecule has 2 unspecified atom stereocenters. The first-order valence-corrected chi connectivity index (χ1v) is 7.53. The highest BCUT2D eigenvalue weighted by molar-refractivity contribution is 4.92. The largest absolute Gasteiger partial charge is 0.381 e. The van der Waals surface area contributed by atoms with Crippen molar-refractivity contribution in [3.8, 4) is 0 Å². The normalized spacial score (nSPS) is 21.5. The fourth-order valence-electron chi connectivity index (χ4n) is 2.73. The van der Waals surface area contributed by atoms with Crippen LogP contribution in [-0.4, -0.2) is 40.6 Å². The number of hydrogen-bond donors (Lipinski definition) is 1. The second-order valence-corrected chi connectivity index (χ2v) is 5.23. The number of rotatable bonds is 7. The minimum atomic E-state index is 0.453. The third-order valence-electron chi connectivity index (χ3n) is 3.82. The molecular formula is C14H26N4O. The first kappa shape index (κ1) is 14.5. The van der Waals surface area contributed by atoms with Crippen LogP contribution in [0.3, 0.4) is 0 Å². The van der Waals surface area contributed by atoms with Gasteiger partial charge in [-0.15, -0.1) is 0 Å². The van der Waals surface area contributed by atoms with Crippen LogP contribution in [0, 0.1) is 5.92 Å². The molecule has 0 saturated carbocycles. The van der Waals surface area contributed by atoms with Gasteiger partial charge in [0, 0.05) is 25.6 Å². The smallest absolute Gasteiger partial charge is 0.138 e. The SMILES string of the molecule is CCCNC(Cc1ncnn1CC)C1CCCOC1. The van der Waals surface area contributed by atoms with Crippen molar-refractivity contribution in [3.05, 3.63) is 12.2 Å². The Kier molecular flexibility index (Phi) is 5.79. The maximum Gasteiger partial charge on any atom is 0.138 e. The van der Waals surface area contributed by atoms with Gasteiger partial charge in [-0.3, -0.25) is 4.68 Å². The van der Waals surface area contributed by atoms with Gasteiger partial charge in [-0.25, -0.2) is 4.98 Å². The van der Waals surface area contributed by atoms with Crippen LogP contribution in [0.15, 0.2) is 6.33 Å². The molecule has 108 valence electrons. The van der Waals surface area contributed by atoms with Gasteiger partial charge in [0.2, 0.25) is 0 Å². The zero-order chi connectivity index (χ0) is 13.5. The molecule has 19 heavy (non-hydrogen) atoms. The average molecular weight is 266 g/mol. The zero-order valence-corrected chi connectivity index (χ0v) is 12.1. The van der Waals surface area contributed by atoms with E-state index < -0.39 is 0 Å². The Morgan fingerprint density at radius 1 is 1.53 bits per heavy atom. The van der Waals surface area contributed by atoms with E-state index in [-0.39, 0.29) is 0 Å². The van der Waals surface area contributed by atoms with Crippen LogP contribution in [0.2, 0.25) is 0 Å². The Bertz CT molecular complexity index is 360. The number of nitrogens with zero attached hydrogens (tertiary/aromatic N) is 3. The highest BCUT2D eigenvalue weighted by Gasteiger charge is 2.25. The number of aromatic nitrogens is 3. The fourth-order valence-corrected chi connectivity index (χ4v) is 2.73. The van der Waals surface area contributed by atoms with E-state index >= 15 is 0 Å². The van der Waals surface area contributed by atoms with Crippen LogP contribution in [0.5, 0.6) is 0 Å². The molecule has 1 aliphatic heterocycles. The number of aryl methyl sites for hydroxylation is 1. The summed E-state index contributed by atoms with van der Waals surface area (Å²) in [6.45, 7) is 8.05. The van der Waals surface area contributed by atoms with E-state index in [2.05, 4.69) is 29.2 Å². The second-order valence-electron chi connectivity index (χ2n) is 5.23. The molecule has 5 heteroatoms. The molecule has 0 aromatic carbocycles. The number of hydrogen-bond acceptors (Lipinski definition) is 4. The summed E-state index contributed by atoms with van der Waals surface area (Å²) in [5.41, 5.74) is 0. The van der Waals surface area contributed by atoms with E-state index in [1.807, 2.05) is 4.68 Å². The number of ether oxygens (including phenoxy) is 1. The van der Waals surface area contributed by atoms with Gasteiger partial charge in [-0.05, 0) is 38.6 Å². The van der Waals surface area contributed by atoms with Crippen LogP contribution >= 0.6 is 0 Å². The summed E-state index contributed by atoms with van der Waals surface area (Å²) in [6, 6.07) is 0.453. The average Bonchev–Trinajstić information content (AvgIpc) is 2.91. The van der Waals surface area contributed by atoms with Crippen molar-refractivity contribution in [3.63, 3.8) is 0 Å². The molecule has 1 aliphatic rings. The van der Waals surface area contributed by atoms with Crippen LogP contribution in [0.4, 0.5) is 0 Å². The lowest BCUT2D eigenvalue weighted by atomic mass is 9.91. The van der Waals surface area contributed by atoms with Crippen molar-refractivity contribution in [2.24, 2.45) is 5.92 Å². The van der Waals surface area contributed by atoms with Gasteiger partial charge < -0.3 is 10.1 Å². The van der Waals surface area contributed by atoms with Gasteiger partial charge in [0.1, 0.15) is 12.2 Å². The molecule has 0 radical (unpaired) electrons. The van der Waals surface area contributed by atoms with E-state index in [4.69, 9.17) is 4.74 Å². The summed E-state index contributed by atoms with van der Waals surface area (Å²) in [5.74, 6) is 1.68. The summed E-state index contributed by atoms with van der Waals surface area (Å²) < 4.78 is 7.63. The summed E-state index contributed by atoms with van der Waals surface area (Å²) >= 11 is 0. The Morgan fingerprint density at radius 2 is 2.42 bits per heavy atom. The van der Waals surface area contributed by atoms with E-state index in [1.54, 1.807) is 6.33 Å². The van der Waals surface area contributed by atoms with Crippen molar-refractivity contribution in [1.29, 1.82) is 0 Å². The third-order valence-corrected chi connectivity index (χ3v) is 3.82. The van der Waals surface area contributed by atoms with Gasteiger partial charge in [0.05, 0.1) is 6.61 Å². The standard InChI is InChI=1S/C14H26N4O/c1-3-7-15-13(12-6-5-8-19-10-12)9-14-16-11-17-18(14)4-2/h11-13,15H,3-10H2,1-2H3. The quantitative estimate of drug-likeness (QED) is 0.815. The molecule has 2 heterocycles. The van der Waals surface area contributed by atoms with Crippen molar-refractivity contribution in [2.75, 3.05) is 19.8 Å². The van der Waals surface area contributed by atoms with Gasteiger partial charge in [-0.2, -0.15) is 5.10 Å². The minimum Gasteiger partial charge on any atom is -0.381 e. The van der Waals surface area contributed by atoms with Gasteiger partial charge in [-0.1, -0.05) is 6.92 Å². The Morgan fingerprint density at radius 3 is 3.11 bits per heavy atom. The van der Waals surface area contributed by atoms with E-state index in [0.29, 0.717) is 12.0 Å². The molecule has 1 fully saturated rings. The molecule has 5 nitrogen and oxygen atoms in total. The molecule has 2 rings (SSSR count). The van der Waals surface area contributed by atoms with Crippen molar-refractivity contribution in [1.82, 2.24) is 20.1 Å². The monoisotopic (exact) mass is 266 g/mol. The van der Waals surface area contributed by atoms with Crippen LogP contribution < -0.4 is 5.32 Å². The van der Waals surface area contributed by atoms with Crippen LogP contribution in [0.25, 0.3) is 0 Å². The van der Waals surface area contributed by atoms with Gasteiger partial charge in [0.15, 0.2) is 0 Å². The maximum atomic E-state index is 5.64. The Balaban J connectivity index is 1.99. The lowest BCUT2D eigenvalue weighted by molar-refractivity contribution is 0.0389. The lowest BCUT2D eigenvalue weighted by Gasteiger charge is -2.30. The van der Waals surface area contributed by atoms with E-state index in [9.17, 15) is 0 Å². The molecule has 1 aromatic heterocycles. The molecule has 0 spiro atoms. The number of nitrogens with one attached hydrogen (secondary N) is 1. The summed E-state index contributed by atoms with van der Waals surface area (Å²) in [6.07, 6.45) is 6.19. The summed E-state index contributed by atoms with van der Waals surface area (Å²) in [5, 5.41) is 7.93. The van der Waals surface area contributed by atoms with Crippen molar-refractivity contribution < 1.29 is 4.74 Å². The Hall–Kier alpha value is -0.940. The lowest BCUT2D eigenvalue weighted by Crippen LogP contribution is -2.42. The fraction of sp³-hybridized carbons (Fsp3) is 0.857. The first-order valence-electron chi connectivity index (χ1n) is 7.53. The predicted octanol–water partition coefficient (Wildman–Crippen LogP) is 1.64. The molecule has 0 aliphatic carbocycles. The van der Waals surface area contributed by atoms with Gasteiger partial charge >= 0.3 is 0 Å². The van der Waals surface area contributed by atoms with Gasteiger partial charge in [0.25, 0.3) is 0 Å². The van der Waals surface area contributed by atoms with Crippen LogP contribution in [0.1, 0.15) is 38.9 Å².